The Bertz CT molecular complexity index is 359. The van der Waals surface area contributed by atoms with Gasteiger partial charge in [-0.2, -0.15) is 0 Å². The van der Waals surface area contributed by atoms with Gasteiger partial charge in [0.15, 0.2) is 0 Å². The Morgan fingerprint density at radius 1 is 1.06 bits per heavy atom. The van der Waals surface area contributed by atoms with Crippen molar-refractivity contribution >= 4 is 8.32 Å². The zero-order valence-corrected chi connectivity index (χ0v) is 13.3. The Balaban J connectivity index is 2.68. The summed E-state index contributed by atoms with van der Waals surface area (Å²) in [6.45, 7) is 5.87. The third-order valence-corrected chi connectivity index (χ3v) is 9.69. The summed E-state index contributed by atoms with van der Waals surface area (Å²) in [6.07, 6.45) is 0. The van der Waals surface area contributed by atoms with Crippen molar-refractivity contribution in [3.63, 3.8) is 0 Å². The van der Waals surface area contributed by atoms with E-state index in [1.165, 1.54) is 0 Å². The number of hydrogen-bond acceptors (Lipinski definition) is 2. The number of rotatable bonds is 4. The SMILES string of the molecule is C[Si](C)(C)[O][Zn][O]c1c(F)cc(F)cc1F. The topological polar surface area (TPSA) is 18.5 Å². The molecule has 0 saturated carbocycles. The van der Waals surface area contributed by atoms with Crippen LogP contribution in [0.1, 0.15) is 0 Å². The van der Waals surface area contributed by atoms with Crippen LogP contribution in [0.5, 0.6) is 5.75 Å². The van der Waals surface area contributed by atoms with Crippen molar-refractivity contribution < 1.29 is 37.8 Å². The molecule has 1 aromatic rings. The minimum absolute atomic E-state index is 0.528. The molecular weight excluding hydrogens is 291 g/mol. The van der Waals surface area contributed by atoms with Gasteiger partial charge in [0.2, 0.25) is 0 Å². The Morgan fingerprint density at radius 3 is 2.00 bits per heavy atom. The van der Waals surface area contributed by atoms with Crippen LogP contribution >= 0.6 is 0 Å². The molecule has 1 aromatic carbocycles. The maximum absolute atomic E-state index is 13.1. The van der Waals surface area contributed by atoms with Gasteiger partial charge in [0.1, 0.15) is 0 Å². The minimum atomic E-state index is -1.92. The second-order valence-corrected chi connectivity index (χ2v) is 11.6. The van der Waals surface area contributed by atoms with Crippen molar-refractivity contribution in [3.05, 3.63) is 29.6 Å². The van der Waals surface area contributed by atoms with E-state index in [-0.39, 0.29) is 0 Å². The van der Waals surface area contributed by atoms with Crippen LogP contribution < -0.4 is 3.56 Å². The molecule has 0 bridgehead atoms. The van der Waals surface area contributed by atoms with Crippen molar-refractivity contribution in [2.24, 2.45) is 0 Å². The van der Waals surface area contributed by atoms with Crippen molar-refractivity contribution in [2.45, 2.75) is 19.6 Å². The van der Waals surface area contributed by atoms with Gasteiger partial charge in [0.05, 0.1) is 0 Å². The zero-order chi connectivity index (χ0) is 12.3. The van der Waals surface area contributed by atoms with E-state index in [2.05, 4.69) is 0 Å². The summed E-state index contributed by atoms with van der Waals surface area (Å²) in [7, 11) is -1.72. The summed E-state index contributed by atoms with van der Waals surface area (Å²) in [5, 5.41) is 0. The van der Waals surface area contributed by atoms with Crippen LogP contribution in [0.2, 0.25) is 19.6 Å². The molecule has 0 aliphatic rings. The molecule has 0 radical (unpaired) electrons. The molecule has 0 atom stereocenters. The van der Waals surface area contributed by atoms with E-state index in [1.54, 1.807) is 0 Å². The van der Waals surface area contributed by atoms with Crippen LogP contribution in [-0.2, 0) is 21.1 Å². The second-order valence-electron chi connectivity index (χ2n) is 4.22. The first kappa shape index (κ1) is 13.7. The van der Waals surface area contributed by atoms with E-state index in [1.807, 2.05) is 19.6 Å². The third kappa shape index (κ3) is 4.23. The molecule has 0 N–H and O–H groups in total. The van der Waals surface area contributed by atoms with Crippen LogP contribution in [0, 0.1) is 17.5 Å². The van der Waals surface area contributed by atoms with Crippen LogP contribution in [0.3, 0.4) is 0 Å². The fourth-order valence-electron chi connectivity index (χ4n) is 0.932. The van der Waals surface area contributed by atoms with Crippen molar-refractivity contribution in [1.29, 1.82) is 0 Å². The van der Waals surface area contributed by atoms with Crippen molar-refractivity contribution in [3.8, 4) is 5.75 Å². The molecule has 0 unspecified atom stereocenters. The Kier molecular flexibility index (Phi) is 4.52. The van der Waals surface area contributed by atoms with Gasteiger partial charge in [0, 0.05) is 0 Å². The molecule has 0 amide bonds. The van der Waals surface area contributed by atoms with Crippen LogP contribution in [0.15, 0.2) is 12.1 Å². The molecule has 0 aromatic heterocycles. The van der Waals surface area contributed by atoms with Gasteiger partial charge in [-0.25, -0.2) is 0 Å². The predicted octanol–water partition coefficient (Wildman–Crippen LogP) is 3.25. The fourth-order valence-corrected chi connectivity index (χ4v) is 4.77. The summed E-state index contributed by atoms with van der Waals surface area (Å²) in [4.78, 5) is 0. The standard InChI is InChI=1S/C6H3F3O.C3H9OSi.Zn/c7-3-1-4(8)6(10)5(9)2-3;1-5(2,3)4;/h1-2,10H;1-3H3;/q;-1;+2/p-1. The van der Waals surface area contributed by atoms with E-state index in [0.29, 0.717) is 12.1 Å². The molecule has 0 aliphatic carbocycles. The summed E-state index contributed by atoms with van der Waals surface area (Å²) in [6, 6.07) is 1.18. The molecule has 0 heterocycles. The van der Waals surface area contributed by atoms with Crippen LogP contribution in [0.4, 0.5) is 13.2 Å². The van der Waals surface area contributed by atoms with Gasteiger partial charge < -0.3 is 0 Å². The first-order chi connectivity index (χ1) is 7.29. The summed E-state index contributed by atoms with van der Waals surface area (Å²) >= 11 is -1.92. The molecule has 0 spiro atoms. The molecule has 86 valence electrons. The van der Waals surface area contributed by atoms with Crippen molar-refractivity contribution in [2.75, 3.05) is 0 Å². The van der Waals surface area contributed by atoms with Crippen molar-refractivity contribution in [1.82, 2.24) is 0 Å². The molecule has 0 saturated heterocycles. The van der Waals surface area contributed by atoms with Gasteiger partial charge >= 0.3 is 101 Å². The monoisotopic (exact) mass is 300 g/mol. The molecule has 0 aliphatic heterocycles. The average Bonchev–Trinajstić information content (AvgIpc) is 2.07. The van der Waals surface area contributed by atoms with E-state index in [0.717, 1.165) is 0 Å². The first-order valence-corrected chi connectivity index (χ1v) is 10.5. The molecule has 16 heavy (non-hydrogen) atoms. The molecule has 2 nitrogen and oxygen atoms in total. The van der Waals surface area contributed by atoms with Gasteiger partial charge in [0.25, 0.3) is 0 Å². The van der Waals surface area contributed by atoms with Crippen LogP contribution in [0.25, 0.3) is 0 Å². The first-order valence-electron chi connectivity index (χ1n) is 4.71. The van der Waals surface area contributed by atoms with Gasteiger partial charge in [-0.15, -0.1) is 0 Å². The van der Waals surface area contributed by atoms with Gasteiger partial charge in [-0.1, -0.05) is 0 Å². The van der Waals surface area contributed by atoms with Crippen LogP contribution in [-0.4, -0.2) is 8.32 Å². The Morgan fingerprint density at radius 2 is 1.56 bits per heavy atom. The summed E-state index contributed by atoms with van der Waals surface area (Å²) in [5.41, 5.74) is 0. The molecule has 1 rings (SSSR count). The average molecular weight is 302 g/mol. The summed E-state index contributed by atoms with van der Waals surface area (Å²) in [5.74, 6) is -3.54. The number of hydrogen-bond donors (Lipinski definition) is 0. The summed E-state index contributed by atoms with van der Waals surface area (Å²) < 4.78 is 49.2. The predicted molar refractivity (Wildman–Crippen MR) is 51.4 cm³/mol. The third-order valence-electron chi connectivity index (χ3n) is 1.66. The molecular formula is C9H11F3O2SiZn. The van der Waals surface area contributed by atoms with E-state index < -0.39 is 49.4 Å². The Hall–Kier alpha value is -0.390. The van der Waals surface area contributed by atoms with E-state index >= 15 is 0 Å². The quantitative estimate of drug-likeness (QED) is 0.795. The molecule has 0 fully saturated rings. The second kappa shape index (κ2) is 5.29. The van der Waals surface area contributed by atoms with E-state index in [4.69, 9.17) is 6.82 Å². The number of benzene rings is 1. The maximum atomic E-state index is 13.1. The fraction of sp³-hybridized carbons (Fsp3) is 0.333. The zero-order valence-electron chi connectivity index (χ0n) is 9.31. The van der Waals surface area contributed by atoms with Gasteiger partial charge in [-0.3, -0.25) is 0 Å². The number of halogens is 3. The normalized spacial score (nSPS) is 11.1. The van der Waals surface area contributed by atoms with Gasteiger partial charge in [-0.05, 0) is 0 Å². The molecule has 7 heteroatoms. The van der Waals surface area contributed by atoms with E-state index in [9.17, 15) is 13.2 Å². The Labute approximate surface area is 101 Å².